The molecule has 0 aliphatic heterocycles. The molecule has 0 fully saturated rings. The van der Waals surface area contributed by atoms with Crippen molar-refractivity contribution in [3.8, 4) is 11.4 Å². The van der Waals surface area contributed by atoms with Gasteiger partial charge in [0.2, 0.25) is 0 Å². The maximum Gasteiger partial charge on any atom is 0.265 e. The van der Waals surface area contributed by atoms with E-state index in [1.807, 2.05) is 25.1 Å². The fourth-order valence-corrected chi connectivity index (χ4v) is 2.21. The quantitative estimate of drug-likeness (QED) is 0.923. The van der Waals surface area contributed by atoms with E-state index in [2.05, 4.69) is 25.9 Å². The van der Waals surface area contributed by atoms with Gasteiger partial charge in [-0.3, -0.25) is 4.79 Å². The molecule has 0 unspecified atom stereocenters. The van der Waals surface area contributed by atoms with E-state index in [1.54, 1.807) is 6.07 Å². The summed E-state index contributed by atoms with van der Waals surface area (Å²) < 4.78 is 0.482. The number of aromatic amines is 1. The van der Waals surface area contributed by atoms with Crippen LogP contribution in [0.1, 0.15) is 12.6 Å². The molecule has 0 atom stereocenters. The molecule has 2 aromatic rings. The second kappa shape index (κ2) is 5.02. The first-order valence-electron chi connectivity index (χ1n) is 5.17. The number of nitrogens with zero attached hydrogens (tertiary/aromatic N) is 1. The van der Waals surface area contributed by atoms with Gasteiger partial charge in [-0.25, -0.2) is 4.98 Å². The minimum atomic E-state index is -0.188. The van der Waals surface area contributed by atoms with E-state index < -0.39 is 0 Å². The molecule has 3 nitrogen and oxygen atoms in total. The first-order chi connectivity index (χ1) is 8.13. The topological polar surface area (TPSA) is 45.8 Å². The lowest BCUT2D eigenvalue weighted by atomic mass is 10.2. The first-order valence-corrected chi connectivity index (χ1v) is 6.34. The monoisotopic (exact) mass is 312 g/mol. The lowest BCUT2D eigenvalue weighted by Gasteiger charge is -2.06. The van der Waals surface area contributed by atoms with Gasteiger partial charge in [-0.15, -0.1) is 0 Å². The number of nitrogens with one attached hydrogen (secondary N) is 1. The van der Waals surface area contributed by atoms with E-state index in [-0.39, 0.29) is 5.56 Å². The van der Waals surface area contributed by atoms with Crippen LogP contribution in [-0.2, 0) is 6.42 Å². The third-order valence-corrected chi connectivity index (χ3v) is 3.54. The van der Waals surface area contributed by atoms with E-state index in [0.717, 1.165) is 11.3 Å². The summed E-state index contributed by atoms with van der Waals surface area (Å²) in [5.41, 5.74) is 1.27. The number of H-pyrrole nitrogens is 1. The molecule has 2 rings (SSSR count). The predicted octanol–water partition coefficient (Wildman–Crippen LogP) is 3.42. The molecular formula is C12H10BrClN2O. The average Bonchev–Trinajstić information content (AvgIpc) is 2.33. The molecule has 0 amide bonds. The number of hydrogen-bond acceptors (Lipinski definition) is 2. The molecule has 0 aliphatic carbocycles. The normalized spacial score (nSPS) is 10.5. The van der Waals surface area contributed by atoms with Gasteiger partial charge in [-0.05, 0) is 34.5 Å². The minimum Gasteiger partial charge on any atom is -0.305 e. The zero-order valence-corrected chi connectivity index (χ0v) is 11.5. The van der Waals surface area contributed by atoms with E-state index >= 15 is 0 Å². The number of aryl methyl sites for hydroxylation is 1. The minimum absolute atomic E-state index is 0.188. The number of halogens is 2. The van der Waals surface area contributed by atoms with Crippen LogP contribution >= 0.6 is 27.5 Å². The third kappa shape index (κ3) is 2.42. The van der Waals surface area contributed by atoms with Crippen LogP contribution in [0.4, 0.5) is 0 Å². The summed E-state index contributed by atoms with van der Waals surface area (Å²) in [5, 5.41) is 0.569. The fourth-order valence-electron chi connectivity index (χ4n) is 1.52. The molecule has 88 valence electrons. The maximum atomic E-state index is 11.7. The summed E-state index contributed by atoms with van der Waals surface area (Å²) in [6.45, 7) is 1.95. The maximum absolute atomic E-state index is 11.7. The highest BCUT2D eigenvalue weighted by atomic mass is 79.9. The molecule has 0 radical (unpaired) electrons. The zero-order valence-electron chi connectivity index (χ0n) is 9.13. The average molecular weight is 314 g/mol. The molecule has 0 saturated heterocycles. The summed E-state index contributed by atoms with van der Waals surface area (Å²) >= 11 is 9.30. The molecule has 0 aliphatic rings. The van der Waals surface area contributed by atoms with Crippen LogP contribution in [-0.4, -0.2) is 9.97 Å². The summed E-state index contributed by atoms with van der Waals surface area (Å²) in [7, 11) is 0. The molecule has 5 heteroatoms. The van der Waals surface area contributed by atoms with Crippen LogP contribution in [0.15, 0.2) is 33.5 Å². The third-order valence-electron chi connectivity index (χ3n) is 2.40. The fraction of sp³-hybridized carbons (Fsp3) is 0.167. The lowest BCUT2D eigenvalue weighted by Crippen LogP contribution is -2.13. The number of hydrogen-bond donors (Lipinski definition) is 1. The Bertz CT molecular complexity index is 610. The van der Waals surface area contributed by atoms with Crippen molar-refractivity contribution >= 4 is 27.5 Å². The van der Waals surface area contributed by atoms with Crippen LogP contribution in [0.2, 0.25) is 5.02 Å². The molecule has 17 heavy (non-hydrogen) atoms. The SMILES string of the molecule is CCc1nc(-c2ccccc2Cl)[nH]c(=O)c1Br. The predicted molar refractivity (Wildman–Crippen MR) is 72.4 cm³/mol. The van der Waals surface area contributed by atoms with Crippen LogP contribution in [0.5, 0.6) is 0 Å². The second-order valence-corrected chi connectivity index (χ2v) is 4.71. The standard InChI is InChI=1S/C12H10BrClN2O/c1-2-9-10(13)12(17)16-11(15-9)7-5-3-4-6-8(7)14/h3-6H,2H2,1H3,(H,15,16,17). The van der Waals surface area contributed by atoms with Crippen LogP contribution in [0, 0.1) is 0 Å². The van der Waals surface area contributed by atoms with Crippen molar-refractivity contribution in [2.24, 2.45) is 0 Å². The van der Waals surface area contributed by atoms with Crippen LogP contribution in [0.25, 0.3) is 11.4 Å². The summed E-state index contributed by atoms with van der Waals surface area (Å²) in [6.07, 6.45) is 0.682. The second-order valence-electron chi connectivity index (χ2n) is 3.51. The van der Waals surface area contributed by atoms with Gasteiger partial charge in [0.1, 0.15) is 10.3 Å². The van der Waals surface area contributed by atoms with Gasteiger partial charge >= 0.3 is 0 Å². The molecule has 1 N–H and O–H groups in total. The molecule has 0 bridgehead atoms. The van der Waals surface area contributed by atoms with Gasteiger partial charge in [0, 0.05) is 5.56 Å². The Labute approximate surface area is 112 Å². The Morgan fingerprint density at radius 3 is 2.76 bits per heavy atom. The highest BCUT2D eigenvalue weighted by Crippen LogP contribution is 2.24. The van der Waals surface area contributed by atoms with Crippen molar-refractivity contribution in [3.63, 3.8) is 0 Å². The summed E-state index contributed by atoms with van der Waals surface area (Å²) in [6, 6.07) is 7.29. The largest absolute Gasteiger partial charge is 0.305 e. The smallest absolute Gasteiger partial charge is 0.265 e. The Morgan fingerprint density at radius 2 is 2.12 bits per heavy atom. The zero-order chi connectivity index (χ0) is 12.4. The number of rotatable bonds is 2. The van der Waals surface area contributed by atoms with Gasteiger partial charge in [-0.1, -0.05) is 30.7 Å². The van der Waals surface area contributed by atoms with Crippen molar-refractivity contribution in [1.29, 1.82) is 0 Å². The highest BCUT2D eigenvalue weighted by molar-refractivity contribution is 9.10. The highest BCUT2D eigenvalue weighted by Gasteiger charge is 2.10. The Kier molecular flexibility index (Phi) is 3.64. The van der Waals surface area contributed by atoms with Crippen LogP contribution < -0.4 is 5.56 Å². The van der Waals surface area contributed by atoms with Gasteiger partial charge in [-0.2, -0.15) is 0 Å². The van der Waals surface area contributed by atoms with Crippen molar-refractivity contribution in [2.75, 3.05) is 0 Å². The Morgan fingerprint density at radius 1 is 1.41 bits per heavy atom. The van der Waals surface area contributed by atoms with E-state index in [1.165, 1.54) is 0 Å². The van der Waals surface area contributed by atoms with Gasteiger partial charge in [0.05, 0.1) is 10.7 Å². The molecule has 1 aromatic heterocycles. The summed E-state index contributed by atoms with van der Waals surface area (Å²) in [4.78, 5) is 18.8. The lowest BCUT2D eigenvalue weighted by molar-refractivity contribution is 0.970. The van der Waals surface area contributed by atoms with Crippen LogP contribution in [0.3, 0.4) is 0 Å². The molecule has 0 spiro atoms. The Hall–Kier alpha value is -1.13. The number of benzene rings is 1. The Balaban J connectivity index is 2.66. The first kappa shape index (κ1) is 12.3. The van der Waals surface area contributed by atoms with Crippen molar-refractivity contribution in [2.45, 2.75) is 13.3 Å². The van der Waals surface area contributed by atoms with Gasteiger partial charge < -0.3 is 4.98 Å². The van der Waals surface area contributed by atoms with E-state index in [9.17, 15) is 4.79 Å². The van der Waals surface area contributed by atoms with Crippen molar-refractivity contribution in [3.05, 3.63) is 49.8 Å². The van der Waals surface area contributed by atoms with Gasteiger partial charge in [0.25, 0.3) is 5.56 Å². The van der Waals surface area contributed by atoms with Gasteiger partial charge in [0.15, 0.2) is 0 Å². The summed E-state index contributed by atoms with van der Waals surface area (Å²) in [5.74, 6) is 0.501. The van der Waals surface area contributed by atoms with Crippen molar-refractivity contribution < 1.29 is 0 Å². The molecule has 0 saturated carbocycles. The number of aromatic nitrogens is 2. The van der Waals surface area contributed by atoms with Crippen molar-refractivity contribution in [1.82, 2.24) is 9.97 Å². The molecule has 1 heterocycles. The molecule has 1 aromatic carbocycles. The van der Waals surface area contributed by atoms with E-state index in [0.29, 0.717) is 21.7 Å². The molecular weight excluding hydrogens is 304 g/mol. The van der Waals surface area contributed by atoms with E-state index in [4.69, 9.17) is 11.6 Å².